The van der Waals surface area contributed by atoms with Crippen molar-refractivity contribution in [1.82, 2.24) is 0 Å². The fourth-order valence-corrected chi connectivity index (χ4v) is 39.7. The molecule has 0 bridgehead atoms. The van der Waals surface area contributed by atoms with Gasteiger partial charge in [-0.25, -0.2) is 0 Å². The van der Waals surface area contributed by atoms with E-state index in [0.29, 0.717) is 11.8 Å². The van der Waals surface area contributed by atoms with Crippen LogP contribution >= 0.6 is 17.0 Å². The third-order valence-electron chi connectivity index (χ3n) is 14.2. The Morgan fingerprint density at radius 3 is 1.44 bits per heavy atom. The van der Waals surface area contributed by atoms with Gasteiger partial charge in [-0.1, -0.05) is 0 Å². The molecule has 6 aromatic rings. The maximum absolute atomic E-state index is 9.47. The van der Waals surface area contributed by atoms with Gasteiger partial charge in [-0.3, -0.25) is 0 Å². The second-order valence-corrected chi connectivity index (χ2v) is 41.9. The Morgan fingerprint density at radius 1 is 0.500 bits per heavy atom. The summed E-state index contributed by atoms with van der Waals surface area (Å²) in [6, 6.07) is 48.6. The van der Waals surface area contributed by atoms with Crippen LogP contribution in [0.4, 0.5) is 0 Å². The fourth-order valence-electron chi connectivity index (χ4n) is 11.7. The molecule has 1 aliphatic heterocycles. The SMILES string of the molecule is CCCCC1=Cc2c(-c3ccccc3CC(C)C)cccc2[CH]1[Zr]([Cl])([Cl])([c]1cccc2c1[SiH2]c1ccccc1-2)[CH]1C(CCCC)=Cc2c(-c3ccccc3CC(C)C)cccc21. The Hall–Kier alpha value is -3.52. The molecule has 6 aromatic carbocycles. The quantitative estimate of drug-likeness (QED) is 0.0899. The standard InChI is InChI=1S/2C23H27.C12H9Si.2ClH.Zr/c2*1-4-5-9-18-15-20-11-8-13-22(23(20)16-18)21-12-7-6-10-19(21)14-17(2)3;1-3-7-11-9(5-1)10-6-2-4-8-12(10)13-11;;;/h2*6-8,10-13,15-17H,4-5,9,14H2,1-3H3;1-7H,13H2;2*1H;/q;;;;;+2/p-2. The summed E-state index contributed by atoms with van der Waals surface area (Å²) in [4.78, 5) is 0. The predicted molar refractivity (Wildman–Crippen MR) is 272 cm³/mol. The Labute approximate surface area is 383 Å². The molecular formula is C58H63Cl2SiZr. The van der Waals surface area contributed by atoms with Gasteiger partial charge in [0.1, 0.15) is 0 Å². The summed E-state index contributed by atoms with van der Waals surface area (Å²) in [6.07, 6.45) is 13.7. The van der Waals surface area contributed by atoms with Crippen LogP contribution < -0.4 is 13.6 Å². The van der Waals surface area contributed by atoms with Crippen LogP contribution in [-0.4, -0.2) is 9.52 Å². The fraction of sp³-hybridized carbons (Fsp3) is 0.310. The van der Waals surface area contributed by atoms with Gasteiger partial charge in [0.2, 0.25) is 0 Å². The number of hydrogen-bond acceptors (Lipinski definition) is 0. The molecule has 0 radical (unpaired) electrons. The number of allylic oxidation sites excluding steroid dienone is 2. The van der Waals surface area contributed by atoms with E-state index in [0.717, 1.165) is 51.4 Å². The molecule has 1 heterocycles. The average Bonchev–Trinajstić information content (AvgIpc) is 3.97. The molecule has 9 rings (SSSR count). The molecule has 0 aromatic heterocycles. The van der Waals surface area contributed by atoms with Gasteiger partial charge in [0, 0.05) is 0 Å². The van der Waals surface area contributed by atoms with Gasteiger partial charge >= 0.3 is 386 Å². The number of halogens is 2. The first-order valence-electron chi connectivity index (χ1n) is 23.6. The molecule has 0 N–H and O–H groups in total. The van der Waals surface area contributed by atoms with E-state index < -0.39 is 25.9 Å². The van der Waals surface area contributed by atoms with Crippen LogP contribution in [0.25, 0.3) is 45.5 Å². The minimum absolute atomic E-state index is 0.0689. The van der Waals surface area contributed by atoms with Crippen molar-refractivity contribution in [2.45, 2.75) is 100 Å². The Bertz CT molecular complexity index is 2580. The molecule has 0 amide bonds. The zero-order chi connectivity index (χ0) is 43.2. The molecule has 0 spiro atoms. The van der Waals surface area contributed by atoms with Crippen LogP contribution in [0.3, 0.4) is 0 Å². The van der Waals surface area contributed by atoms with Crippen molar-refractivity contribution in [2.75, 3.05) is 0 Å². The van der Waals surface area contributed by atoms with Gasteiger partial charge in [-0.05, 0) is 0 Å². The van der Waals surface area contributed by atoms with Crippen molar-refractivity contribution in [3.05, 3.63) is 172 Å². The van der Waals surface area contributed by atoms with E-state index >= 15 is 0 Å². The number of unbranched alkanes of at least 4 members (excludes halogenated alkanes) is 2. The molecule has 2 atom stereocenters. The van der Waals surface area contributed by atoms with Gasteiger partial charge in [0.05, 0.1) is 0 Å². The summed E-state index contributed by atoms with van der Waals surface area (Å²) < 4.78 is 1.19. The molecule has 2 unspecified atom stereocenters. The summed E-state index contributed by atoms with van der Waals surface area (Å²) >= 11 is -5.66. The van der Waals surface area contributed by atoms with Crippen molar-refractivity contribution in [3.8, 4) is 33.4 Å². The second kappa shape index (κ2) is 17.8. The van der Waals surface area contributed by atoms with E-state index in [-0.39, 0.29) is 7.25 Å². The van der Waals surface area contributed by atoms with Crippen LogP contribution in [0, 0.1) is 11.8 Å². The van der Waals surface area contributed by atoms with Crippen LogP contribution in [0.2, 0.25) is 0 Å². The van der Waals surface area contributed by atoms with Crippen molar-refractivity contribution >= 4 is 52.3 Å². The van der Waals surface area contributed by atoms with Crippen molar-refractivity contribution in [2.24, 2.45) is 11.8 Å². The zero-order valence-electron chi connectivity index (χ0n) is 37.7. The summed E-state index contributed by atoms with van der Waals surface area (Å²) in [5.74, 6) is 1.11. The second-order valence-electron chi connectivity index (χ2n) is 19.5. The summed E-state index contributed by atoms with van der Waals surface area (Å²) in [7, 11) is 18.1. The van der Waals surface area contributed by atoms with Gasteiger partial charge in [0.15, 0.2) is 0 Å². The van der Waals surface area contributed by atoms with E-state index in [9.17, 15) is 17.0 Å². The Balaban J connectivity index is 1.35. The first-order chi connectivity index (χ1) is 30.0. The Kier molecular flexibility index (Phi) is 12.6. The maximum atomic E-state index is 9.47. The average molecular weight is 950 g/mol. The molecule has 0 nitrogen and oxygen atoms in total. The first kappa shape index (κ1) is 43.7. The van der Waals surface area contributed by atoms with E-state index in [2.05, 4.69) is 181 Å². The van der Waals surface area contributed by atoms with Crippen LogP contribution in [0.1, 0.15) is 121 Å². The van der Waals surface area contributed by atoms with Crippen LogP contribution in [-0.2, 0) is 29.2 Å². The van der Waals surface area contributed by atoms with E-state index in [4.69, 9.17) is 0 Å². The predicted octanol–water partition coefficient (Wildman–Crippen LogP) is 14.8. The van der Waals surface area contributed by atoms with E-state index in [1.807, 2.05) is 0 Å². The normalized spacial score (nSPS) is 17.4. The number of hydrogen-bond donors (Lipinski definition) is 0. The summed E-state index contributed by atoms with van der Waals surface area (Å²) in [5.41, 5.74) is 19.2. The minimum atomic E-state index is -5.66. The van der Waals surface area contributed by atoms with Gasteiger partial charge in [-0.15, -0.1) is 0 Å². The molecule has 0 saturated carbocycles. The topological polar surface area (TPSA) is 0 Å². The van der Waals surface area contributed by atoms with Gasteiger partial charge in [0.25, 0.3) is 0 Å². The van der Waals surface area contributed by atoms with Crippen molar-refractivity contribution in [3.63, 3.8) is 0 Å². The first-order valence-corrected chi connectivity index (χ1v) is 35.5. The summed E-state index contributed by atoms with van der Waals surface area (Å²) in [5, 5.41) is 3.00. The molecule has 4 heteroatoms. The van der Waals surface area contributed by atoms with Crippen molar-refractivity contribution in [1.29, 1.82) is 0 Å². The molecule has 3 aliphatic rings. The number of benzene rings is 6. The van der Waals surface area contributed by atoms with E-state index in [1.165, 1.54) is 91.6 Å². The van der Waals surface area contributed by atoms with E-state index in [1.54, 1.807) is 0 Å². The Morgan fingerprint density at radius 2 is 0.935 bits per heavy atom. The summed E-state index contributed by atoms with van der Waals surface area (Å²) in [6.45, 7) is 14.0. The van der Waals surface area contributed by atoms with Gasteiger partial charge in [-0.2, -0.15) is 0 Å². The zero-order valence-corrected chi connectivity index (χ0v) is 43.1. The number of fused-ring (bicyclic) bond motifs is 5. The molecule has 317 valence electrons. The molecule has 2 aliphatic carbocycles. The molecule has 62 heavy (non-hydrogen) atoms. The third-order valence-corrected chi connectivity index (χ3v) is 37.0. The van der Waals surface area contributed by atoms with Crippen molar-refractivity contribution < 1.29 is 16.4 Å². The number of rotatable bonds is 15. The molecular weight excluding hydrogens is 887 g/mol. The van der Waals surface area contributed by atoms with Crippen LogP contribution in [0.15, 0.2) is 139 Å². The third kappa shape index (κ3) is 7.58. The van der Waals surface area contributed by atoms with Crippen LogP contribution in [0.5, 0.6) is 0 Å². The monoisotopic (exact) mass is 947 g/mol. The van der Waals surface area contributed by atoms with Gasteiger partial charge < -0.3 is 0 Å². The molecule has 0 saturated heterocycles. The molecule has 0 fully saturated rings.